The van der Waals surface area contributed by atoms with Crippen LogP contribution in [0.2, 0.25) is 0 Å². The van der Waals surface area contributed by atoms with E-state index < -0.39 is 0 Å². The van der Waals surface area contributed by atoms with Crippen molar-refractivity contribution >= 4 is 11.8 Å². The number of hydrogen-bond donors (Lipinski definition) is 0. The standard InChI is InChI=1S/C16H31NO.C14H27NO/c1-2-3-4-5-6-7-8-9-10-13-16(18)17-14-11-12-15-17;1-2-3-4-5-6-7-8-11-14(16)15-12-9-10-13-15/h2-15H2,1H3;2-13H2,1H3. The second-order valence-electron chi connectivity index (χ2n) is 10.6. The molecule has 4 heteroatoms. The zero-order valence-electron chi connectivity index (χ0n) is 23.1. The number of nitrogens with zero attached hydrogens (tertiary/aromatic N) is 2. The van der Waals surface area contributed by atoms with Gasteiger partial charge in [0.25, 0.3) is 0 Å². The molecular formula is C30H58N2O2. The van der Waals surface area contributed by atoms with Crippen LogP contribution in [0.15, 0.2) is 0 Å². The Morgan fingerprint density at radius 3 is 1.00 bits per heavy atom. The lowest BCUT2D eigenvalue weighted by molar-refractivity contribution is -0.131. The molecule has 200 valence electrons. The number of amides is 2. The molecule has 0 aromatic carbocycles. The topological polar surface area (TPSA) is 40.6 Å². The summed E-state index contributed by atoms with van der Waals surface area (Å²) >= 11 is 0. The normalized spacial score (nSPS) is 15.5. The van der Waals surface area contributed by atoms with Gasteiger partial charge in [0.15, 0.2) is 0 Å². The molecule has 0 aromatic rings. The fraction of sp³-hybridized carbons (Fsp3) is 0.933. The minimum absolute atomic E-state index is 0.394. The lowest BCUT2D eigenvalue weighted by Crippen LogP contribution is -2.27. The van der Waals surface area contributed by atoms with Crippen LogP contribution in [-0.2, 0) is 9.59 Å². The molecule has 2 amide bonds. The number of hydrogen-bond acceptors (Lipinski definition) is 2. The maximum absolute atomic E-state index is 11.8. The highest BCUT2D eigenvalue weighted by molar-refractivity contribution is 5.76. The lowest BCUT2D eigenvalue weighted by atomic mass is 10.1. The maximum atomic E-state index is 11.8. The highest BCUT2D eigenvalue weighted by atomic mass is 16.2. The van der Waals surface area contributed by atoms with Gasteiger partial charge in [0.1, 0.15) is 0 Å². The van der Waals surface area contributed by atoms with Crippen LogP contribution >= 0.6 is 0 Å². The number of carbonyl (C=O) groups excluding carboxylic acids is 2. The summed E-state index contributed by atoms with van der Waals surface area (Å²) in [5.74, 6) is 0.793. The first-order chi connectivity index (χ1) is 16.7. The summed E-state index contributed by atoms with van der Waals surface area (Å²) in [7, 11) is 0. The maximum Gasteiger partial charge on any atom is 0.222 e. The molecule has 0 bridgehead atoms. The fourth-order valence-corrected chi connectivity index (χ4v) is 5.07. The summed E-state index contributed by atoms with van der Waals surface area (Å²) in [5.41, 5.74) is 0. The van der Waals surface area contributed by atoms with Gasteiger partial charge in [-0.2, -0.15) is 0 Å². The molecule has 4 nitrogen and oxygen atoms in total. The fourth-order valence-electron chi connectivity index (χ4n) is 5.07. The number of likely N-dealkylation sites (tertiary alicyclic amines) is 2. The summed E-state index contributed by atoms with van der Waals surface area (Å²) in [4.78, 5) is 27.6. The second-order valence-corrected chi connectivity index (χ2v) is 10.6. The first kappa shape index (κ1) is 31.0. The van der Waals surface area contributed by atoms with Crippen molar-refractivity contribution in [3.63, 3.8) is 0 Å². The Morgan fingerprint density at radius 2 is 0.706 bits per heavy atom. The van der Waals surface area contributed by atoms with Crippen molar-refractivity contribution in [1.82, 2.24) is 9.80 Å². The SMILES string of the molecule is CCCCCCCCCC(=O)N1CCCC1.CCCCCCCCCCCC(=O)N1CCCC1. The van der Waals surface area contributed by atoms with Crippen LogP contribution < -0.4 is 0 Å². The molecule has 2 saturated heterocycles. The lowest BCUT2D eigenvalue weighted by Gasteiger charge is -2.14. The molecule has 0 N–H and O–H groups in total. The van der Waals surface area contributed by atoms with Crippen LogP contribution in [0.3, 0.4) is 0 Å². The van der Waals surface area contributed by atoms with E-state index in [9.17, 15) is 9.59 Å². The average Bonchev–Trinajstić information content (AvgIpc) is 3.57. The van der Waals surface area contributed by atoms with Crippen molar-refractivity contribution in [1.29, 1.82) is 0 Å². The van der Waals surface area contributed by atoms with E-state index >= 15 is 0 Å². The number of unbranched alkanes of at least 4 members (excludes halogenated alkanes) is 14. The van der Waals surface area contributed by atoms with Gasteiger partial charge in [-0.05, 0) is 38.5 Å². The van der Waals surface area contributed by atoms with Crippen LogP contribution in [0, 0.1) is 0 Å². The van der Waals surface area contributed by atoms with Crippen molar-refractivity contribution in [3.05, 3.63) is 0 Å². The van der Waals surface area contributed by atoms with Gasteiger partial charge < -0.3 is 9.80 Å². The average molecular weight is 479 g/mol. The molecule has 2 aliphatic heterocycles. The van der Waals surface area contributed by atoms with Crippen molar-refractivity contribution in [2.75, 3.05) is 26.2 Å². The molecular weight excluding hydrogens is 420 g/mol. The highest BCUT2D eigenvalue weighted by Crippen LogP contribution is 2.14. The van der Waals surface area contributed by atoms with Gasteiger partial charge in [-0.3, -0.25) is 9.59 Å². The summed E-state index contributed by atoms with van der Waals surface area (Å²) < 4.78 is 0. The van der Waals surface area contributed by atoms with E-state index in [1.54, 1.807) is 0 Å². The summed E-state index contributed by atoms with van der Waals surface area (Å²) in [6.07, 6.45) is 27.4. The van der Waals surface area contributed by atoms with E-state index in [-0.39, 0.29) is 0 Å². The van der Waals surface area contributed by atoms with Crippen molar-refractivity contribution in [3.8, 4) is 0 Å². The van der Waals surface area contributed by atoms with Crippen molar-refractivity contribution < 1.29 is 9.59 Å². The zero-order valence-corrected chi connectivity index (χ0v) is 23.1. The highest BCUT2D eigenvalue weighted by Gasteiger charge is 2.17. The number of carbonyl (C=O) groups is 2. The summed E-state index contributed by atoms with van der Waals surface area (Å²) in [6.45, 7) is 8.54. The van der Waals surface area contributed by atoms with Crippen LogP contribution in [0.4, 0.5) is 0 Å². The van der Waals surface area contributed by atoms with Crippen LogP contribution in [0.25, 0.3) is 0 Å². The monoisotopic (exact) mass is 478 g/mol. The smallest absolute Gasteiger partial charge is 0.222 e. The molecule has 2 rings (SSSR count). The Hall–Kier alpha value is -1.06. The van der Waals surface area contributed by atoms with Crippen molar-refractivity contribution in [2.24, 2.45) is 0 Å². The molecule has 0 radical (unpaired) electrons. The van der Waals surface area contributed by atoms with Gasteiger partial charge in [-0.1, -0.05) is 104 Å². The molecule has 0 atom stereocenters. The third-order valence-corrected chi connectivity index (χ3v) is 7.41. The Morgan fingerprint density at radius 1 is 0.441 bits per heavy atom. The van der Waals surface area contributed by atoms with Gasteiger partial charge >= 0.3 is 0 Å². The summed E-state index contributed by atoms with van der Waals surface area (Å²) in [6, 6.07) is 0. The van der Waals surface area contributed by atoms with E-state index in [0.717, 1.165) is 51.9 Å². The molecule has 0 aromatic heterocycles. The Bertz CT molecular complexity index is 482. The third-order valence-electron chi connectivity index (χ3n) is 7.41. The van der Waals surface area contributed by atoms with Crippen LogP contribution in [-0.4, -0.2) is 47.8 Å². The Balaban J connectivity index is 0.000000342. The Kier molecular flexibility index (Phi) is 20.4. The molecule has 0 spiro atoms. The Labute approximate surface area is 212 Å². The summed E-state index contributed by atoms with van der Waals surface area (Å²) in [5, 5.41) is 0. The van der Waals surface area contributed by atoms with E-state index in [0.29, 0.717) is 11.8 Å². The third kappa shape index (κ3) is 16.5. The second kappa shape index (κ2) is 22.4. The first-order valence-electron chi connectivity index (χ1n) is 15.2. The zero-order chi connectivity index (χ0) is 24.7. The number of rotatable bonds is 18. The molecule has 0 unspecified atom stereocenters. The van der Waals surface area contributed by atoms with Gasteiger partial charge in [0.2, 0.25) is 11.8 Å². The van der Waals surface area contributed by atoms with Crippen LogP contribution in [0.5, 0.6) is 0 Å². The first-order valence-corrected chi connectivity index (χ1v) is 15.2. The molecule has 2 heterocycles. The molecule has 2 aliphatic rings. The van der Waals surface area contributed by atoms with Gasteiger partial charge in [0.05, 0.1) is 0 Å². The van der Waals surface area contributed by atoms with E-state index in [4.69, 9.17) is 0 Å². The van der Waals surface area contributed by atoms with Crippen molar-refractivity contribution in [2.45, 2.75) is 155 Å². The van der Waals surface area contributed by atoms with E-state index in [1.165, 1.54) is 116 Å². The minimum Gasteiger partial charge on any atom is -0.343 e. The van der Waals surface area contributed by atoms with E-state index in [2.05, 4.69) is 13.8 Å². The predicted molar refractivity (Wildman–Crippen MR) is 146 cm³/mol. The molecule has 0 saturated carbocycles. The largest absolute Gasteiger partial charge is 0.343 e. The van der Waals surface area contributed by atoms with Gasteiger partial charge in [0, 0.05) is 39.0 Å². The molecule has 0 aliphatic carbocycles. The van der Waals surface area contributed by atoms with Gasteiger partial charge in [-0.25, -0.2) is 0 Å². The van der Waals surface area contributed by atoms with Gasteiger partial charge in [-0.15, -0.1) is 0 Å². The predicted octanol–water partition coefficient (Wildman–Crippen LogP) is 8.28. The minimum atomic E-state index is 0.394. The van der Waals surface area contributed by atoms with Crippen LogP contribution in [0.1, 0.15) is 155 Å². The van der Waals surface area contributed by atoms with E-state index in [1.807, 2.05) is 9.80 Å². The molecule has 34 heavy (non-hydrogen) atoms. The molecule has 2 fully saturated rings. The quantitative estimate of drug-likeness (QED) is 0.186.